The van der Waals surface area contributed by atoms with Gasteiger partial charge in [-0.25, -0.2) is 0 Å². The minimum Gasteiger partial charge on any atom is -0.447 e. The summed E-state index contributed by atoms with van der Waals surface area (Å²) in [4.78, 5) is 0. The summed E-state index contributed by atoms with van der Waals surface area (Å²) in [5.41, 5.74) is -2.70. The summed E-state index contributed by atoms with van der Waals surface area (Å²) in [5, 5.41) is 49.3. The molecule has 4 unspecified atom stereocenters. The molecule has 168 valence electrons. The van der Waals surface area contributed by atoms with Crippen LogP contribution in [0.25, 0.3) is 0 Å². The molecule has 1 saturated carbocycles. The molecule has 7 heteroatoms. The lowest BCUT2D eigenvalue weighted by atomic mass is 9.52. The molecule has 0 amide bonds. The monoisotopic (exact) mass is 441 g/mol. The van der Waals surface area contributed by atoms with Crippen LogP contribution in [0.15, 0.2) is 24.3 Å². The van der Waals surface area contributed by atoms with E-state index in [1.54, 1.807) is 24.3 Å². The molecule has 33 heavy (non-hydrogen) atoms. The van der Waals surface area contributed by atoms with Crippen molar-refractivity contribution < 1.29 is 9.47 Å². The molecule has 7 nitrogen and oxygen atoms in total. The van der Waals surface area contributed by atoms with Gasteiger partial charge in [0.1, 0.15) is 6.10 Å². The van der Waals surface area contributed by atoms with Crippen molar-refractivity contribution in [2.24, 2.45) is 16.7 Å². The van der Waals surface area contributed by atoms with Crippen molar-refractivity contribution >= 4 is 5.90 Å². The number of nitriles is 4. The normalized spacial score (nSPS) is 33.4. The first kappa shape index (κ1) is 22.8. The molecule has 4 atom stereocenters. The molecular weight excluding hydrogens is 414 g/mol. The first-order chi connectivity index (χ1) is 16.0. The molecule has 0 radical (unpaired) electrons. The lowest BCUT2D eigenvalue weighted by molar-refractivity contribution is -0.287. The van der Waals surface area contributed by atoms with Gasteiger partial charge >= 0.3 is 0 Å². The Morgan fingerprint density at radius 2 is 1.42 bits per heavy atom. The second-order valence-electron chi connectivity index (χ2n) is 9.35. The maximum absolute atomic E-state index is 10.5. The fraction of sp³-hybridized carbons (Fsp3) is 0.577. The molecule has 1 aliphatic carbocycles. The van der Waals surface area contributed by atoms with Crippen LogP contribution in [-0.2, 0) is 9.47 Å². The zero-order valence-corrected chi connectivity index (χ0v) is 18.6. The molecule has 0 aromatic heterocycles. The van der Waals surface area contributed by atoms with E-state index in [-0.39, 0.29) is 5.90 Å². The van der Waals surface area contributed by atoms with Crippen molar-refractivity contribution in [2.45, 2.75) is 76.1 Å². The standard InChI is InChI=1S/C26H27N5O2/c27-15-19-10-12-20(13-11-19)22-24(16-28,17-29)25(18-30)21-9-7-5-3-1-2-4-6-8-14-26(21,32-22)33-23(25)31/h10-13,21-22,31H,1-9,14H2. The van der Waals surface area contributed by atoms with Gasteiger partial charge in [-0.2, -0.15) is 21.0 Å². The van der Waals surface area contributed by atoms with Gasteiger partial charge in [0, 0.05) is 6.42 Å². The molecule has 2 saturated heterocycles. The van der Waals surface area contributed by atoms with E-state index in [1.807, 2.05) is 0 Å². The van der Waals surface area contributed by atoms with Gasteiger partial charge in [-0.05, 0) is 30.5 Å². The number of nitrogens with zero attached hydrogens (tertiary/aromatic N) is 4. The van der Waals surface area contributed by atoms with Gasteiger partial charge in [0.15, 0.2) is 5.41 Å². The van der Waals surface area contributed by atoms with E-state index >= 15 is 0 Å². The molecule has 2 heterocycles. The van der Waals surface area contributed by atoms with E-state index in [1.165, 1.54) is 12.8 Å². The van der Waals surface area contributed by atoms with E-state index < -0.39 is 28.6 Å². The first-order valence-electron chi connectivity index (χ1n) is 11.7. The zero-order valence-electron chi connectivity index (χ0n) is 18.6. The van der Waals surface area contributed by atoms with Crippen LogP contribution in [0.4, 0.5) is 0 Å². The van der Waals surface area contributed by atoms with Gasteiger partial charge in [0.25, 0.3) is 0 Å². The van der Waals surface area contributed by atoms with Crippen molar-refractivity contribution in [3.05, 3.63) is 35.4 Å². The van der Waals surface area contributed by atoms with Crippen molar-refractivity contribution in [1.29, 1.82) is 26.5 Å². The van der Waals surface area contributed by atoms with E-state index in [2.05, 4.69) is 24.3 Å². The number of benzene rings is 1. The van der Waals surface area contributed by atoms with Crippen LogP contribution < -0.4 is 0 Å². The second-order valence-corrected chi connectivity index (χ2v) is 9.35. The smallest absolute Gasteiger partial charge is 0.217 e. The highest BCUT2D eigenvalue weighted by atomic mass is 16.7. The Hall–Kier alpha value is -3.39. The number of hydrogen-bond donors (Lipinski definition) is 1. The van der Waals surface area contributed by atoms with Gasteiger partial charge in [0.2, 0.25) is 17.1 Å². The molecule has 3 aliphatic rings. The van der Waals surface area contributed by atoms with Crippen molar-refractivity contribution in [3.8, 4) is 24.3 Å². The van der Waals surface area contributed by atoms with Crippen molar-refractivity contribution in [1.82, 2.24) is 0 Å². The third-order valence-corrected chi connectivity index (χ3v) is 7.66. The van der Waals surface area contributed by atoms with Crippen LogP contribution in [-0.4, -0.2) is 11.7 Å². The van der Waals surface area contributed by atoms with Crippen LogP contribution in [0.1, 0.15) is 81.4 Å². The highest BCUT2D eigenvalue weighted by Crippen LogP contribution is 2.68. The average molecular weight is 442 g/mol. The van der Waals surface area contributed by atoms with Crippen LogP contribution in [0.5, 0.6) is 0 Å². The van der Waals surface area contributed by atoms with Crippen LogP contribution in [0.2, 0.25) is 0 Å². The Kier molecular flexibility index (Phi) is 6.12. The Balaban J connectivity index is 1.88. The predicted octanol–water partition coefficient (Wildman–Crippen LogP) is 5.41. The molecule has 2 bridgehead atoms. The predicted molar refractivity (Wildman–Crippen MR) is 118 cm³/mol. The molecule has 1 aromatic carbocycles. The highest BCUT2D eigenvalue weighted by Gasteiger charge is 2.79. The van der Waals surface area contributed by atoms with Gasteiger partial charge in [-0.15, -0.1) is 0 Å². The SMILES string of the molecule is N#Cc1ccc(C2OC34CCCCCCCCCCC3C(C#N)(C(=N)O4)C2(C#N)C#N)cc1. The minimum absolute atomic E-state index is 0.330. The summed E-state index contributed by atoms with van der Waals surface area (Å²) in [6, 6.07) is 15.1. The molecule has 4 rings (SSSR count). The minimum atomic E-state index is -1.95. The van der Waals surface area contributed by atoms with Gasteiger partial charge in [-0.1, -0.05) is 57.1 Å². The highest BCUT2D eigenvalue weighted by molar-refractivity contribution is 5.89. The third-order valence-electron chi connectivity index (χ3n) is 7.66. The first-order valence-corrected chi connectivity index (χ1v) is 11.7. The fourth-order valence-electron chi connectivity index (χ4n) is 5.95. The summed E-state index contributed by atoms with van der Waals surface area (Å²) in [7, 11) is 0. The average Bonchev–Trinajstić information content (AvgIpc) is 3.02. The molecular formula is C26H27N5O2. The quantitative estimate of drug-likeness (QED) is 0.618. The zero-order chi connectivity index (χ0) is 23.5. The van der Waals surface area contributed by atoms with E-state index in [0.29, 0.717) is 24.0 Å². The third kappa shape index (κ3) is 3.28. The number of hydrogen-bond acceptors (Lipinski definition) is 7. The summed E-state index contributed by atoms with van der Waals surface area (Å²) >= 11 is 0. The molecule has 0 spiro atoms. The topological polar surface area (TPSA) is 137 Å². The van der Waals surface area contributed by atoms with Crippen LogP contribution in [0.3, 0.4) is 0 Å². The van der Waals surface area contributed by atoms with E-state index in [4.69, 9.17) is 20.1 Å². The van der Waals surface area contributed by atoms with Crippen LogP contribution >= 0.6 is 0 Å². The van der Waals surface area contributed by atoms with E-state index in [9.17, 15) is 15.8 Å². The van der Waals surface area contributed by atoms with Gasteiger partial charge < -0.3 is 9.47 Å². The Labute approximate surface area is 194 Å². The van der Waals surface area contributed by atoms with Gasteiger partial charge in [-0.3, -0.25) is 5.41 Å². The molecule has 1 aromatic rings. The summed E-state index contributed by atoms with van der Waals surface area (Å²) in [5.74, 6) is -2.12. The maximum Gasteiger partial charge on any atom is 0.217 e. The number of ether oxygens (including phenoxy) is 2. The van der Waals surface area contributed by atoms with Gasteiger partial charge in [0.05, 0.1) is 35.8 Å². The number of nitrogens with one attached hydrogen (secondary N) is 1. The van der Waals surface area contributed by atoms with Crippen LogP contribution in [0, 0.1) is 67.5 Å². The Bertz CT molecular complexity index is 1070. The maximum atomic E-state index is 10.5. The lowest BCUT2D eigenvalue weighted by Crippen LogP contribution is -2.59. The molecule has 1 N–H and O–H groups in total. The summed E-state index contributed by atoms with van der Waals surface area (Å²) in [6.45, 7) is 0. The Morgan fingerprint density at radius 1 is 0.818 bits per heavy atom. The van der Waals surface area contributed by atoms with Crippen molar-refractivity contribution in [3.63, 3.8) is 0 Å². The fourth-order valence-corrected chi connectivity index (χ4v) is 5.95. The summed E-state index contributed by atoms with van der Waals surface area (Å²) in [6.07, 6.45) is 8.20. The lowest BCUT2D eigenvalue weighted by Gasteiger charge is -2.50. The van der Waals surface area contributed by atoms with Crippen molar-refractivity contribution in [2.75, 3.05) is 0 Å². The largest absolute Gasteiger partial charge is 0.447 e. The van der Waals surface area contributed by atoms with E-state index in [0.717, 1.165) is 38.5 Å². The molecule has 3 fully saturated rings. The summed E-state index contributed by atoms with van der Waals surface area (Å²) < 4.78 is 12.7. The second kappa shape index (κ2) is 8.86. The molecule has 2 aliphatic heterocycles. The number of rotatable bonds is 1. The Morgan fingerprint density at radius 3 is 2.00 bits per heavy atom.